The summed E-state index contributed by atoms with van der Waals surface area (Å²) in [6, 6.07) is 13.3. The zero-order chi connectivity index (χ0) is 21.9. The normalized spacial score (nSPS) is 15.2. The molecule has 1 aliphatic carbocycles. The van der Waals surface area contributed by atoms with Crippen LogP contribution in [0.3, 0.4) is 0 Å². The molecule has 1 fully saturated rings. The first-order chi connectivity index (χ1) is 14.3. The Hall–Kier alpha value is -2.25. The monoisotopic (exact) mass is 432 g/mol. The van der Waals surface area contributed by atoms with E-state index in [1.165, 1.54) is 16.4 Å². The lowest BCUT2D eigenvalue weighted by Gasteiger charge is -2.30. The van der Waals surface area contributed by atoms with Gasteiger partial charge in [-0.2, -0.15) is 4.31 Å². The van der Waals surface area contributed by atoms with Crippen LogP contribution in [-0.2, 0) is 16.6 Å². The zero-order valence-electron chi connectivity index (χ0n) is 17.7. The molecule has 162 valence electrons. The van der Waals surface area contributed by atoms with Crippen LogP contribution >= 0.6 is 0 Å². The van der Waals surface area contributed by atoms with Gasteiger partial charge in [0.25, 0.3) is 5.91 Å². The summed E-state index contributed by atoms with van der Waals surface area (Å²) in [6.07, 6.45) is 2.15. The maximum Gasteiger partial charge on any atom is 0.254 e. The van der Waals surface area contributed by atoms with Crippen LogP contribution in [0.15, 0.2) is 53.4 Å². The molecule has 0 bridgehead atoms. The summed E-state index contributed by atoms with van der Waals surface area (Å²) in [4.78, 5) is 14.7. The number of sulfonamides is 1. The van der Waals surface area contributed by atoms with Crippen LogP contribution in [-0.4, -0.2) is 42.7 Å². The summed E-state index contributed by atoms with van der Waals surface area (Å²) in [7, 11) is -4.01. The van der Waals surface area contributed by atoms with Crippen LogP contribution in [0, 0.1) is 11.7 Å². The largest absolute Gasteiger partial charge is 0.331 e. The Kier molecular flexibility index (Phi) is 6.93. The molecule has 0 spiro atoms. The van der Waals surface area contributed by atoms with Crippen molar-refractivity contribution in [2.45, 2.75) is 51.1 Å². The lowest BCUT2D eigenvalue weighted by Crippen LogP contribution is -2.39. The third kappa shape index (κ3) is 4.73. The van der Waals surface area contributed by atoms with E-state index in [2.05, 4.69) is 0 Å². The molecule has 0 radical (unpaired) electrons. The molecular weight excluding hydrogens is 403 g/mol. The van der Waals surface area contributed by atoms with E-state index in [1.807, 2.05) is 37.3 Å². The third-order valence-electron chi connectivity index (χ3n) is 5.75. The van der Waals surface area contributed by atoms with Gasteiger partial charge in [0.2, 0.25) is 10.0 Å². The van der Waals surface area contributed by atoms with E-state index in [4.69, 9.17) is 0 Å². The summed E-state index contributed by atoms with van der Waals surface area (Å²) in [5.74, 6) is -0.686. The van der Waals surface area contributed by atoms with Crippen molar-refractivity contribution >= 4 is 15.9 Å². The third-order valence-corrected chi connectivity index (χ3v) is 7.82. The van der Waals surface area contributed by atoms with E-state index in [0.717, 1.165) is 24.5 Å². The number of halogens is 1. The number of carbonyl (C=O) groups excluding carboxylic acids is 1. The van der Waals surface area contributed by atoms with Gasteiger partial charge in [0.05, 0.1) is 0 Å². The summed E-state index contributed by atoms with van der Waals surface area (Å²) < 4.78 is 41.4. The topological polar surface area (TPSA) is 57.7 Å². The molecule has 7 heteroatoms. The van der Waals surface area contributed by atoms with Crippen molar-refractivity contribution in [1.29, 1.82) is 0 Å². The van der Waals surface area contributed by atoms with Gasteiger partial charge in [-0.05, 0) is 49.4 Å². The van der Waals surface area contributed by atoms with Gasteiger partial charge in [-0.25, -0.2) is 12.8 Å². The molecule has 0 N–H and O–H groups in total. The van der Waals surface area contributed by atoms with Crippen molar-refractivity contribution in [1.82, 2.24) is 9.21 Å². The highest BCUT2D eigenvalue weighted by molar-refractivity contribution is 7.89. The fourth-order valence-electron chi connectivity index (χ4n) is 3.72. The highest BCUT2D eigenvalue weighted by atomic mass is 32.2. The van der Waals surface area contributed by atoms with Crippen LogP contribution in [0.2, 0.25) is 0 Å². The number of nitrogens with zero attached hydrogens (tertiary/aromatic N) is 2. The average Bonchev–Trinajstić information content (AvgIpc) is 3.58. The van der Waals surface area contributed by atoms with Crippen molar-refractivity contribution in [2.24, 2.45) is 5.92 Å². The Bertz CT molecular complexity index is 987. The smallest absolute Gasteiger partial charge is 0.254 e. The second kappa shape index (κ2) is 9.27. The highest BCUT2D eigenvalue weighted by Crippen LogP contribution is 2.36. The Balaban J connectivity index is 1.97. The maximum atomic E-state index is 14.5. The average molecular weight is 433 g/mol. The molecule has 0 saturated heterocycles. The Morgan fingerprint density at radius 3 is 2.30 bits per heavy atom. The SMILES string of the molecule is CCN(CC)S(=O)(=O)c1cc(C(=O)N(Cc2ccccc2)C(C)C2CC2)ccc1F. The number of amides is 1. The molecule has 2 aromatic rings. The molecule has 3 rings (SSSR count). The first-order valence-corrected chi connectivity index (χ1v) is 11.9. The Morgan fingerprint density at radius 2 is 1.73 bits per heavy atom. The van der Waals surface area contributed by atoms with Crippen molar-refractivity contribution in [3.63, 3.8) is 0 Å². The van der Waals surface area contributed by atoms with Crippen molar-refractivity contribution in [3.05, 3.63) is 65.5 Å². The fourth-order valence-corrected chi connectivity index (χ4v) is 5.26. The molecule has 0 aromatic heterocycles. The fraction of sp³-hybridized carbons (Fsp3) is 0.435. The molecule has 1 aliphatic rings. The van der Waals surface area contributed by atoms with Gasteiger partial charge in [-0.1, -0.05) is 44.2 Å². The van der Waals surface area contributed by atoms with Crippen LogP contribution in [0.4, 0.5) is 4.39 Å². The van der Waals surface area contributed by atoms with Gasteiger partial charge in [-0.15, -0.1) is 0 Å². The van der Waals surface area contributed by atoms with Crippen molar-refractivity contribution < 1.29 is 17.6 Å². The van der Waals surface area contributed by atoms with Gasteiger partial charge in [0.1, 0.15) is 10.7 Å². The van der Waals surface area contributed by atoms with E-state index >= 15 is 0 Å². The maximum absolute atomic E-state index is 14.5. The molecule has 1 atom stereocenters. The van der Waals surface area contributed by atoms with Crippen LogP contribution in [0.25, 0.3) is 0 Å². The minimum atomic E-state index is -4.01. The van der Waals surface area contributed by atoms with Crippen molar-refractivity contribution in [3.8, 4) is 0 Å². The predicted octanol–water partition coefficient (Wildman–Crippen LogP) is 4.30. The van der Waals surface area contributed by atoms with Crippen LogP contribution in [0.1, 0.15) is 49.5 Å². The van der Waals surface area contributed by atoms with E-state index < -0.39 is 20.7 Å². The molecule has 1 amide bonds. The summed E-state index contributed by atoms with van der Waals surface area (Å²) in [5, 5.41) is 0. The molecule has 1 saturated carbocycles. The zero-order valence-corrected chi connectivity index (χ0v) is 18.5. The number of hydrogen-bond acceptors (Lipinski definition) is 3. The van der Waals surface area contributed by atoms with Crippen LogP contribution in [0.5, 0.6) is 0 Å². The van der Waals surface area contributed by atoms with E-state index in [-0.39, 0.29) is 30.6 Å². The minimum Gasteiger partial charge on any atom is -0.331 e. The van der Waals surface area contributed by atoms with E-state index in [1.54, 1.807) is 18.7 Å². The molecule has 0 aliphatic heterocycles. The van der Waals surface area contributed by atoms with Crippen LogP contribution < -0.4 is 0 Å². The Morgan fingerprint density at radius 1 is 1.10 bits per heavy atom. The second-order valence-corrected chi connectivity index (χ2v) is 9.64. The second-order valence-electron chi connectivity index (χ2n) is 7.73. The molecule has 0 heterocycles. The van der Waals surface area contributed by atoms with Crippen molar-refractivity contribution in [2.75, 3.05) is 13.1 Å². The quantitative estimate of drug-likeness (QED) is 0.594. The van der Waals surface area contributed by atoms with Gasteiger partial charge >= 0.3 is 0 Å². The molecular formula is C23H29FN2O3S. The Labute approximate surface area is 178 Å². The highest BCUT2D eigenvalue weighted by Gasteiger charge is 2.35. The first-order valence-electron chi connectivity index (χ1n) is 10.4. The molecule has 30 heavy (non-hydrogen) atoms. The van der Waals surface area contributed by atoms with Gasteiger partial charge in [-0.3, -0.25) is 4.79 Å². The number of rotatable bonds is 9. The van der Waals surface area contributed by atoms with Gasteiger partial charge < -0.3 is 4.90 Å². The van der Waals surface area contributed by atoms with E-state index in [0.29, 0.717) is 12.5 Å². The number of carbonyl (C=O) groups is 1. The lowest BCUT2D eigenvalue weighted by molar-refractivity contribution is 0.0654. The molecule has 1 unspecified atom stereocenters. The minimum absolute atomic E-state index is 0.0191. The summed E-state index contributed by atoms with van der Waals surface area (Å²) in [5.41, 5.74) is 1.18. The molecule has 2 aromatic carbocycles. The van der Waals surface area contributed by atoms with Gasteiger partial charge in [0, 0.05) is 31.2 Å². The number of hydrogen-bond donors (Lipinski definition) is 0. The van der Waals surface area contributed by atoms with Gasteiger partial charge in [0.15, 0.2) is 0 Å². The summed E-state index contributed by atoms with van der Waals surface area (Å²) in [6.45, 7) is 6.31. The number of benzene rings is 2. The standard InChI is InChI=1S/C23H29FN2O3S/c1-4-25(5-2)30(28,29)22-15-20(13-14-21(22)24)23(27)26(17(3)19-11-12-19)16-18-9-7-6-8-10-18/h6-10,13-15,17,19H,4-5,11-12,16H2,1-3H3. The van der Waals surface area contributed by atoms with E-state index in [9.17, 15) is 17.6 Å². The predicted molar refractivity (Wildman–Crippen MR) is 115 cm³/mol. The summed E-state index contributed by atoms with van der Waals surface area (Å²) >= 11 is 0. The molecule has 5 nitrogen and oxygen atoms in total. The lowest BCUT2D eigenvalue weighted by atomic mass is 10.1. The first kappa shape index (κ1) is 22.4.